The first-order chi connectivity index (χ1) is 12.7. The fourth-order valence-corrected chi connectivity index (χ4v) is 4.52. The van der Waals surface area contributed by atoms with E-state index in [1.54, 1.807) is 0 Å². The molecule has 3 N–H and O–H groups in total. The average Bonchev–Trinajstić information content (AvgIpc) is 3.11. The van der Waals surface area contributed by atoms with Gasteiger partial charge in [0.15, 0.2) is 0 Å². The van der Waals surface area contributed by atoms with E-state index >= 15 is 0 Å². The summed E-state index contributed by atoms with van der Waals surface area (Å²) in [6.45, 7) is 4.10. The predicted molar refractivity (Wildman–Crippen MR) is 108 cm³/mol. The largest absolute Gasteiger partial charge is 0.492 e. The van der Waals surface area contributed by atoms with Gasteiger partial charge in [0.25, 0.3) is 0 Å². The van der Waals surface area contributed by atoms with E-state index in [9.17, 15) is 4.79 Å². The lowest BCUT2D eigenvalue weighted by molar-refractivity contribution is -0.136. The molecule has 4 unspecified atom stereocenters. The Balaban J connectivity index is 0.00000210. The highest BCUT2D eigenvalue weighted by molar-refractivity contribution is 6.32. The van der Waals surface area contributed by atoms with Crippen LogP contribution in [0.3, 0.4) is 0 Å². The fraction of sp³-hybridized carbons (Fsp3) is 0.632. The van der Waals surface area contributed by atoms with Crippen LogP contribution in [0, 0.1) is 11.8 Å². The number of hydrazine groups is 1. The number of para-hydroxylation sites is 1. The van der Waals surface area contributed by atoms with E-state index in [1.807, 2.05) is 29.2 Å². The molecule has 0 aromatic heterocycles. The Kier molecular flexibility index (Phi) is 7.22. The van der Waals surface area contributed by atoms with E-state index in [2.05, 4.69) is 16.2 Å². The Bertz CT molecular complexity index is 648. The van der Waals surface area contributed by atoms with Crippen molar-refractivity contribution < 1.29 is 9.53 Å². The standard InChI is InChI=1S/C19H27ClN4O2.ClH/c20-15-5-1-2-6-17(15)26-12-13-4-3-9-24(11-13)19(25)18-14-10-21-8-7-16(14)22-23-18;/h1-2,5-6,13-14,16,18,21-23H,3-4,7-12H2;1H. The number of carbonyl (C=O) groups excluding carboxylic acids is 1. The third-order valence-electron chi connectivity index (χ3n) is 5.79. The van der Waals surface area contributed by atoms with Crippen LogP contribution in [0.25, 0.3) is 0 Å². The van der Waals surface area contributed by atoms with Gasteiger partial charge < -0.3 is 15.0 Å². The summed E-state index contributed by atoms with van der Waals surface area (Å²) in [6, 6.07) is 7.81. The number of likely N-dealkylation sites (tertiary alicyclic amines) is 1. The van der Waals surface area contributed by atoms with Crippen LogP contribution in [0.15, 0.2) is 24.3 Å². The van der Waals surface area contributed by atoms with Crippen molar-refractivity contribution in [2.75, 3.05) is 32.8 Å². The number of benzene rings is 1. The summed E-state index contributed by atoms with van der Waals surface area (Å²) in [6.07, 6.45) is 3.17. The lowest BCUT2D eigenvalue weighted by Crippen LogP contribution is -2.53. The summed E-state index contributed by atoms with van der Waals surface area (Å²) >= 11 is 6.16. The normalized spacial score (nSPS) is 30.3. The van der Waals surface area contributed by atoms with Crippen LogP contribution < -0.4 is 20.9 Å². The summed E-state index contributed by atoms with van der Waals surface area (Å²) in [4.78, 5) is 15.1. The number of halogens is 2. The molecule has 3 aliphatic rings. The molecule has 8 heteroatoms. The molecule has 1 amide bonds. The number of piperidine rings is 2. The molecule has 0 bridgehead atoms. The average molecular weight is 415 g/mol. The summed E-state index contributed by atoms with van der Waals surface area (Å²) in [7, 11) is 0. The van der Waals surface area contributed by atoms with Gasteiger partial charge in [-0.1, -0.05) is 23.7 Å². The third kappa shape index (κ3) is 4.69. The van der Waals surface area contributed by atoms with Gasteiger partial charge in [0.2, 0.25) is 5.91 Å². The maximum atomic E-state index is 13.1. The van der Waals surface area contributed by atoms with Gasteiger partial charge in [0, 0.05) is 37.5 Å². The molecule has 6 nitrogen and oxygen atoms in total. The van der Waals surface area contributed by atoms with Crippen LogP contribution in [0.5, 0.6) is 5.75 Å². The maximum absolute atomic E-state index is 13.1. The number of nitrogens with zero attached hydrogens (tertiary/aromatic N) is 1. The summed E-state index contributed by atoms with van der Waals surface area (Å²) in [5.41, 5.74) is 6.56. The molecule has 3 saturated heterocycles. The first-order valence-electron chi connectivity index (χ1n) is 9.60. The molecule has 4 rings (SSSR count). The number of fused-ring (bicyclic) bond motifs is 1. The lowest BCUT2D eigenvalue weighted by atomic mass is 9.88. The van der Waals surface area contributed by atoms with Crippen molar-refractivity contribution in [3.8, 4) is 5.75 Å². The highest BCUT2D eigenvalue weighted by atomic mass is 35.5. The van der Waals surface area contributed by atoms with Gasteiger partial charge in [-0.05, 0) is 37.9 Å². The van der Waals surface area contributed by atoms with Gasteiger partial charge in [-0.15, -0.1) is 12.4 Å². The summed E-state index contributed by atoms with van der Waals surface area (Å²) in [5, 5.41) is 4.05. The van der Waals surface area contributed by atoms with Crippen molar-refractivity contribution in [1.29, 1.82) is 0 Å². The molecular formula is C19H28Cl2N4O2. The van der Waals surface area contributed by atoms with E-state index in [0.29, 0.717) is 29.5 Å². The Labute approximate surface area is 171 Å². The van der Waals surface area contributed by atoms with Gasteiger partial charge in [0.1, 0.15) is 11.8 Å². The minimum atomic E-state index is -0.129. The molecule has 1 aromatic rings. The van der Waals surface area contributed by atoms with E-state index < -0.39 is 0 Å². The maximum Gasteiger partial charge on any atom is 0.241 e. The molecule has 3 heterocycles. The molecule has 4 atom stereocenters. The van der Waals surface area contributed by atoms with E-state index in [-0.39, 0.29) is 24.4 Å². The summed E-state index contributed by atoms with van der Waals surface area (Å²) < 4.78 is 5.91. The zero-order valence-corrected chi connectivity index (χ0v) is 16.9. The molecule has 3 aliphatic heterocycles. The van der Waals surface area contributed by atoms with Crippen molar-refractivity contribution in [2.24, 2.45) is 11.8 Å². The molecule has 0 aliphatic carbocycles. The highest BCUT2D eigenvalue weighted by Gasteiger charge is 2.43. The van der Waals surface area contributed by atoms with E-state index in [4.69, 9.17) is 16.3 Å². The summed E-state index contributed by atoms with van der Waals surface area (Å²) in [5.74, 6) is 1.61. The molecule has 0 radical (unpaired) electrons. The third-order valence-corrected chi connectivity index (χ3v) is 6.10. The first-order valence-corrected chi connectivity index (χ1v) is 9.98. The number of nitrogens with one attached hydrogen (secondary N) is 3. The SMILES string of the molecule is Cl.O=C(C1NNC2CCNCC21)N1CCCC(COc2ccccc2Cl)C1. The quantitative estimate of drug-likeness (QED) is 0.701. The Morgan fingerprint density at radius 2 is 2.11 bits per heavy atom. The Hall–Kier alpha value is -1.05. The monoisotopic (exact) mass is 414 g/mol. The van der Waals surface area contributed by atoms with Gasteiger partial charge >= 0.3 is 0 Å². The fourth-order valence-electron chi connectivity index (χ4n) is 4.33. The van der Waals surface area contributed by atoms with Gasteiger partial charge in [-0.25, -0.2) is 5.43 Å². The zero-order chi connectivity index (χ0) is 17.9. The van der Waals surface area contributed by atoms with Gasteiger partial charge in [0.05, 0.1) is 11.6 Å². The Morgan fingerprint density at radius 1 is 1.26 bits per heavy atom. The highest BCUT2D eigenvalue weighted by Crippen LogP contribution is 2.27. The van der Waals surface area contributed by atoms with Gasteiger partial charge in [-0.3, -0.25) is 10.2 Å². The molecule has 27 heavy (non-hydrogen) atoms. The van der Waals surface area contributed by atoms with E-state index in [1.165, 1.54) is 0 Å². The van der Waals surface area contributed by atoms with Crippen LogP contribution in [-0.2, 0) is 4.79 Å². The molecule has 3 fully saturated rings. The lowest BCUT2D eigenvalue weighted by Gasteiger charge is -2.36. The second-order valence-corrected chi connectivity index (χ2v) is 7.97. The zero-order valence-electron chi connectivity index (χ0n) is 15.3. The van der Waals surface area contributed by atoms with Crippen molar-refractivity contribution in [3.05, 3.63) is 29.3 Å². The van der Waals surface area contributed by atoms with E-state index in [0.717, 1.165) is 51.2 Å². The van der Waals surface area contributed by atoms with Crippen molar-refractivity contribution in [2.45, 2.75) is 31.3 Å². The van der Waals surface area contributed by atoms with Crippen LogP contribution in [0.1, 0.15) is 19.3 Å². The first kappa shape index (κ1) is 20.7. The number of carbonyl (C=O) groups is 1. The van der Waals surface area contributed by atoms with Crippen LogP contribution in [0.4, 0.5) is 0 Å². The smallest absolute Gasteiger partial charge is 0.241 e. The topological polar surface area (TPSA) is 65.6 Å². The number of ether oxygens (including phenoxy) is 1. The van der Waals surface area contributed by atoms with Crippen LogP contribution in [0.2, 0.25) is 5.02 Å². The minimum absolute atomic E-state index is 0. The number of amides is 1. The van der Waals surface area contributed by atoms with Crippen molar-refractivity contribution in [3.63, 3.8) is 0 Å². The van der Waals surface area contributed by atoms with Crippen molar-refractivity contribution in [1.82, 2.24) is 21.1 Å². The molecule has 0 spiro atoms. The van der Waals surface area contributed by atoms with Crippen LogP contribution in [-0.4, -0.2) is 55.7 Å². The van der Waals surface area contributed by atoms with Crippen molar-refractivity contribution >= 4 is 29.9 Å². The number of hydrogen-bond acceptors (Lipinski definition) is 5. The second-order valence-electron chi connectivity index (χ2n) is 7.56. The number of rotatable bonds is 4. The minimum Gasteiger partial charge on any atom is -0.492 e. The second kappa shape index (κ2) is 9.43. The van der Waals surface area contributed by atoms with Gasteiger partial charge in [-0.2, -0.15) is 0 Å². The Morgan fingerprint density at radius 3 is 2.96 bits per heavy atom. The molecular weight excluding hydrogens is 387 g/mol. The predicted octanol–water partition coefficient (Wildman–Crippen LogP) is 1.83. The molecule has 0 saturated carbocycles. The van der Waals surface area contributed by atoms with Crippen LogP contribution >= 0.6 is 24.0 Å². The number of hydrogen-bond donors (Lipinski definition) is 3. The molecule has 150 valence electrons. The molecule has 1 aromatic carbocycles.